The summed E-state index contributed by atoms with van der Waals surface area (Å²) in [4.78, 5) is 11.7. The fourth-order valence-electron chi connectivity index (χ4n) is 2.46. The highest BCUT2D eigenvalue weighted by atomic mass is 16.5. The zero-order valence-corrected chi connectivity index (χ0v) is 12.0. The maximum atomic E-state index is 11.7. The molecule has 0 spiro atoms. The van der Waals surface area contributed by atoms with Crippen LogP contribution < -0.4 is 0 Å². The Balaban J connectivity index is 1.92. The highest BCUT2D eigenvalue weighted by Gasteiger charge is 2.31. The number of hydrogen-bond acceptors (Lipinski definition) is 5. The monoisotopic (exact) mass is 287 g/mol. The standard InChI is InChI=1S/C15H17N3O3/c1-9-3-4-10(7-11(9)15(20)21-2)12-8-18(17-16-12)13-5-6-14(13)19/h3-4,7-8,13-14,19H,5-6H2,1-2H3/t13-,14-/m1/s1. The van der Waals surface area contributed by atoms with Crippen LogP contribution in [-0.2, 0) is 4.74 Å². The molecule has 3 rings (SSSR count). The average Bonchev–Trinajstić information content (AvgIpc) is 2.94. The number of nitrogens with zero attached hydrogens (tertiary/aromatic N) is 3. The van der Waals surface area contributed by atoms with Gasteiger partial charge in [-0.1, -0.05) is 17.3 Å². The molecule has 1 aromatic carbocycles. The van der Waals surface area contributed by atoms with Crippen molar-refractivity contribution in [3.05, 3.63) is 35.5 Å². The molecule has 0 radical (unpaired) electrons. The molecule has 0 aliphatic heterocycles. The Labute approximate surface area is 122 Å². The van der Waals surface area contributed by atoms with Crippen LogP contribution in [0.5, 0.6) is 0 Å². The molecule has 21 heavy (non-hydrogen) atoms. The van der Waals surface area contributed by atoms with E-state index in [1.165, 1.54) is 7.11 Å². The van der Waals surface area contributed by atoms with Crippen molar-refractivity contribution in [1.82, 2.24) is 15.0 Å². The SMILES string of the molecule is COC(=O)c1cc(-c2cn([C@@H]3CC[C@H]3O)nn2)ccc1C. The van der Waals surface area contributed by atoms with Crippen LogP contribution in [0.25, 0.3) is 11.3 Å². The molecule has 0 amide bonds. The predicted molar refractivity (Wildman–Crippen MR) is 75.8 cm³/mol. The first-order chi connectivity index (χ1) is 10.1. The zero-order chi connectivity index (χ0) is 15.0. The van der Waals surface area contributed by atoms with Crippen molar-refractivity contribution in [2.75, 3.05) is 7.11 Å². The second-order valence-electron chi connectivity index (χ2n) is 5.32. The van der Waals surface area contributed by atoms with Gasteiger partial charge in [0.2, 0.25) is 0 Å². The summed E-state index contributed by atoms with van der Waals surface area (Å²) in [5.41, 5.74) is 2.86. The van der Waals surface area contributed by atoms with Gasteiger partial charge in [0.05, 0.1) is 31.0 Å². The lowest BCUT2D eigenvalue weighted by Crippen LogP contribution is -2.33. The molecule has 6 heteroatoms. The fraction of sp³-hybridized carbons (Fsp3) is 0.400. The number of aryl methyl sites for hydroxylation is 1. The third-order valence-corrected chi connectivity index (χ3v) is 3.99. The Morgan fingerprint density at radius 3 is 2.86 bits per heavy atom. The number of rotatable bonds is 3. The molecule has 0 unspecified atom stereocenters. The summed E-state index contributed by atoms with van der Waals surface area (Å²) in [6.07, 6.45) is 3.17. The summed E-state index contributed by atoms with van der Waals surface area (Å²) < 4.78 is 6.47. The molecule has 1 heterocycles. The summed E-state index contributed by atoms with van der Waals surface area (Å²) in [7, 11) is 1.36. The summed E-state index contributed by atoms with van der Waals surface area (Å²) in [6, 6.07) is 5.52. The number of carbonyl (C=O) groups excluding carboxylic acids is 1. The summed E-state index contributed by atoms with van der Waals surface area (Å²) >= 11 is 0. The first kappa shape index (κ1) is 13.8. The second kappa shape index (κ2) is 5.29. The van der Waals surface area contributed by atoms with Gasteiger partial charge in [-0.15, -0.1) is 5.10 Å². The van der Waals surface area contributed by atoms with Gasteiger partial charge in [0.15, 0.2) is 0 Å². The number of aliphatic hydroxyl groups is 1. The first-order valence-electron chi connectivity index (χ1n) is 6.89. The van der Waals surface area contributed by atoms with Crippen LogP contribution >= 0.6 is 0 Å². The number of benzene rings is 1. The van der Waals surface area contributed by atoms with E-state index in [-0.39, 0.29) is 18.1 Å². The van der Waals surface area contributed by atoms with E-state index in [0.29, 0.717) is 11.3 Å². The minimum Gasteiger partial charge on any atom is -0.465 e. The number of carbonyl (C=O) groups is 1. The quantitative estimate of drug-likeness (QED) is 0.870. The molecule has 110 valence electrons. The lowest BCUT2D eigenvalue weighted by atomic mass is 9.89. The largest absolute Gasteiger partial charge is 0.465 e. The smallest absolute Gasteiger partial charge is 0.338 e. The molecule has 1 fully saturated rings. The molecule has 1 saturated carbocycles. The molecule has 0 bridgehead atoms. The molecule has 1 aromatic heterocycles. The zero-order valence-electron chi connectivity index (χ0n) is 12.0. The molecule has 2 atom stereocenters. The van der Waals surface area contributed by atoms with Crippen LogP contribution in [0.1, 0.15) is 34.8 Å². The second-order valence-corrected chi connectivity index (χ2v) is 5.32. The van der Waals surface area contributed by atoms with Crippen LogP contribution in [-0.4, -0.2) is 39.3 Å². The van der Waals surface area contributed by atoms with E-state index in [1.54, 1.807) is 16.9 Å². The number of methoxy groups -OCH3 is 1. The van der Waals surface area contributed by atoms with Gasteiger partial charge in [-0.25, -0.2) is 9.48 Å². The minimum absolute atomic E-state index is 0.0109. The van der Waals surface area contributed by atoms with Crippen LogP contribution in [0.15, 0.2) is 24.4 Å². The predicted octanol–water partition coefficient (Wildman–Crippen LogP) is 1.74. The van der Waals surface area contributed by atoms with Gasteiger partial charge in [0.1, 0.15) is 5.69 Å². The van der Waals surface area contributed by atoms with Crippen molar-refractivity contribution >= 4 is 5.97 Å². The van der Waals surface area contributed by atoms with Crippen molar-refractivity contribution in [2.45, 2.75) is 31.9 Å². The van der Waals surface area contributed by atoms with E-state index in [9.17, 15) is 9.90 Å². The lowest BCUT2D eigenvalue weighted by molar-refractivity contribution is 0.0244. The third kappa shape index (κ3) is 2.42. The van der Waals surface area contributed by atoms with E-state index in [2.05, 4.69) is 10.3 Å². The molecular formula is C15H17N3O3. The molecule has 6 nitrogen and oxygen atoms in total. The number of aliphatic hydroxyl groups excluding tert-OH is 1. The van der Waals surface area contributed by atoms with E-state index < -0.39 is 0 Å². The fourth-order valence-corrected chi connectivity index (χ4v) is 2.46. The molecule has 1 aliphatic carbocycles. The summed E-state index contributed by atoms with van der Waals surface area (Å²) in [5.74, 6) is -0.365. The minimum atomic E-state index is -0.365. The molecule has 0 saturated heterocycles. The Kier molecular flexibility index (Phi) is 3.47. The van der Waals surface area contributed by atoms with E-state index in [4.69, 9.17) is 4.74 Å². The van der Waals surface area contributed by atoms with Gasteiger partial charge in [-0.3, -0.25) is 0 Å². The Morgan fingerprint density at radius 2 is 2.24 bits per heavy atom. The van der Waals surface area contributed by atoms with Gasteiger partial charge < -0.3 is 9.84 Å². The first-order valence-corrected chi connectivity index (χ1v) is 6.89. The number of ether oxygens (including phenoxy) is 1. The van der Waals surface area contributed by atoms with Crippen LogP contribution in [0.4, 0.5) is 0 Å². The van der Waals surface area contributed by atoms with E-state index in [1.807, 2.05) is 19.1 Å². The van der Waals surface area contributed by atoms with E-state index in [0.717, 1.165) is 24.0 Å². The van der Waals surface area contributed by atoms with Gasteiger partial charge in [0.25, 0.3) is 0 Å². The Hall–Kier alpha value is -2.21. The highest BCUT2D eigenvalue weighted by Crippen LogP contribution is 2.32. The normalized spacial score (nSPS) is 20.9. The number of hydrogen-bond donors (Lipinski definition) is 1. The van der Waals surface area contributed by atoms with Crippen molar-refractivity contribution in [3.63, 3.8) is 0 Å². The van der Waals surface area contributed by atoms with Crippen molar-refractivity contribution in [2.24, 2.45) is 0 Å². The Morgan fingerprint density at radius 1 is 1.43 bits per heavy atom. The van der Waals surface area contributed by atoms with E-state index >= 15 is 0 Å². The van der Waals surface area contributed by atoms with Gasteiger partial charge in [0, 0.05) is 5.56 Å². The van der Waals surface area contributed by atoms with Gasteiger partial charge in [-0.2, -0.15) is 0 Å². The van der Waals surface area contributed by atoms with Crippen molar-refractivity contribution in [3.8, 4) is 11.3 Å². The van der Waals surface area contributed by atoms with Crippen molar-refractivity contribution in [1.29, 1.82) is 0 Å². The average molecular weight is 287 g/mol. The number of esters is 1. The van der Waals surface area contributed by atoms with Crippen LogP contribution in [0, 0.1) is 6.92 Å². The topological polar surface area (TPSA) is 77.2 Å². The lowest BCUT2D eigenvalue weighted by Gasteiger charge is -2.31. The van der Waals surface area contributed by atoms with Gasteiger partial charge in [-0.05, 0) is 31.4 Å². The van der Waals surface area contributed by atoms with Crippen LogP contribution in [0.2, 0.25) is 0 Å². The van der Waals surface area contributed by atoms with Gasteiger partial charge >= 0.3 is 5.97 Å². The maximum Gasteiger partial charge on any atom is 0.338 e. The van der Waals surface area contributed by atoms with Crippen molar-refractivity contribution < 1.29 is 14.6 Å². The molecule has 2 aromatic rings. The highest BCUT2D eigenvalue weighted by molar-refractivity contribution is 5.92. The van der Waals surface area contributed by atoms with Crippen LogP contribution in [0.3, 0.4) is 0 Å². The molecule has 1 N–H and O–H groups in total. The maximum absolute atomic E-state index is 11.7. The summed E-state index contributed by atoms with van der Waals surface area (Å²) in [6.45, 7) is 1.86. The Bertz CT molecular complexity index is 681. The molecule has 1 aliphatic rings. The number of aromatic nitrogens is 3. The molecular weight excluding hydrogens is 270 g/mol. The summed E-state index contributed by atoms with van der Waals surface area (Å²) in [5, 5.41) is 17.9. The third-order valence-electron chi connectivity index (χ3n) is 3.99.